The number of rotatable bonds is 27. The molecular weight excluding hydrogens is 1530 g/mol. The van der Waals surface area contributed by atoms with Gasteiger partial charge in [-0.25, -0.2) is 34.3 Å². The van der Waals surface area contributed by atoms with E-state index in [-0.39, 0.29) is 62.6 Å². The number of nitrogens with two attached hydrogens (primary N) is 1. The first-order valence-electron chi connectivity index (χ1n) is 38.1. The summed E-state index contributed by atoms with van der Waals surface area (Å²) >= 11 is 2.93. The molecule has 6 heterocycles. The maximum absolute atomic E-state index is 14.7. The van der Waals surface area contributed by atoms with Crippen molar-refractivity contribution >= 4 is 105 Å². The quantitative estimate of drug-likeness (QED) is 0.0171. The summed E-state index contributed by atoms with van der Waals surface area (Å²) in [4.78, 5) is 123. The highest BCUT2D eigenvalue weighted by molar-refractivity contribution is 7.63. The van der Waals surface area contributed by atoms with Gasteiger partial charge in [-0.3, -0.25) is 23.5 Å². The number of ether oxygens (including phenoxy) is 6. The van der Waals surface area contributed by atoms with Crippen LogP contribution in [0, 0.1) is 22.7 Å². The fraction of sp³-hybridized carbons (Fsp3) is 0.525. The van der Waals surface area contributed by atoms with Crippen LogP contribution in [-0.2, 0) is 37.8 Å². The number of fused-ring (bicyclic) bond motifs is 2. The second-order valence-electron chi connectivity index (χ2n) is 32.4. The first kappa shape index (κ1) is 86.4. The summed E-state index contributed by atoms with van der Waals surface area (Å²) in [5.41, 5.74) is 7.80. The number of aliphatic carboxylic acids is 1. The van der Waals surface area contributed by atoms with Crippen LogP contribution in [0.25, 0.3) is 44.6 Å². The molecule has 0 radical (unpaired) electrons. The molecule has 2 aromatic carbocycles. The van der Waals surface area contributed by atoms with Crippen molar-refractivity contribution < 1.29 is 81.2 Å². The Morgan fingerprint density at radius 1 is 0.593 bits per heavy atom. The number of pyridine rings is 2. The van der Waals surface area contributed by atoms with E-state index in [1.807, 2.05) is 92.1 Å². The second-order valence-corrected chi connectivity index (χ2v) is 38.9. The zero-order valence-corrected chi connectivity index (χ0v) is 69.7. The largest absolute Gasteiger partial charge is 0.497 e. The van der Waals surface area contributed by atoms with Crippen LogP contribution in [0.1, 0.15) is 146 Å². The number of nitrogens with one attached hydrogen (secondary N) is 5. The Kier molecular flexibility index (Phi) is 27.1. The zero-order valence-electron chi connectivity index (χ0n) is 66.3. The molecule has 6 fully saturated rings. The number of amides is 5. The van der Waals surface area contributed by atoms with Gasteiger partial charge in [-0.2, -0.15) is 0 Å². The maximum atomic E-state index is 14.7. The monoisotopic (exact) mass is 1630 g/mol. The van der Waals surface area contributed by atoms with E-state index in [2.05, 4.69) is 52.9 Å². The van der Waals surface area contributed by atoms with Crippen molar-refractivity contribution in [2.45, 2.75) is 218 Å². The molecule has 12 atom stereocenters. The molecule has 2 unspecified atom stereocenters. The van der Waals surface area contributed by atoms with Crippen LogP contribution < -0.4 is 51.3 Å². The topological polar surface area (TPSA) is 397 Å². The lowest BCUT2D eigenvalue weighted by molar-refractivity contribution is -0.150. The Hall–Kier alpha value is -8.96. The Morgan fingerprint density at radius 2 is 1.01 bits per heavy atom. The van der Waals surface area contributed by atoms with Crippen molar-refractivity contribution in [2.24, 2.45) is 28.4 Å². The summed E-state index contributed by atoms with van der Waals surface area (Å²) in [5, 5.41) is 29.4. The van der Waals surface area contributed by atoms with Gasteiger partial charge in [-0.15, -0.1) is 35.8 Å². The molecule has 5 amide bonds. The van der Waals surface area contributed by atoms with Crippen molar-refractivity contribution in [3.05, 3.63) is 109 Å². The molecule has 113 heavy (non-hydrogen) atoms. The van der Waals surface area contributed by atoms with Gasteiger partial charge in [0.15, 0.2) is 10.3 Å². The van der Waals surface area contributed by atoms with E-state index < -0.39 is 114 Å². The summed E-state index contributed by atoms with van der Waals surface area (Å²) in [6.45, 7) is 33.2. The Morgan fingerprint density at radius 3 is 1.37 bits per heavy atom. The molecule has 10 N–H and O–H groups in total. The molecule has 4 aromatic heterocycles. The number of carbonyl (C=O) groups excluding carboxylic acids is 5. The lowest BCUT2D eigenvalue weighted by atomic mass is 9.85. The number of nitrogens with zero attached hydrogens (tertiary/aromatic N) is 6. The number of thiazole rings is 2. The highest BCUT2D eigenvalue weighted by Crippen LogP contribution is 2.70. The summed E-state index contributed by atoms with van der Waals surface area (Å²) < 4.78 is 60.1. The van der Waals surface area contributed by atoms with Crippen LogP contribution in [0.3, 0.4) is 0 Å². The lowest BCUT2D eigenvalue weighted by Gasteiger charge is -2.35. The summed E-state index contributed by atoms with van der Waals surface area (Å²) in [7, 11) is -4.27. The van der Waals surface area contributed by atoms with E-state index in [1.165, 1.54) is 38.5 Å². The van der Waals surface area contributed by atoms with Gasteiger partial charge in [0.1, 0.15) is 93.5 Å². The molecule has 4 aliphatic carbocycles. The predicted octanol–water partition coefficient (Wildman–Crippen LogP) is 14.0. The van der Waals surface area contributed by atoms with Crippen LogP contribution in [-0.4, -0.2) is 179 Å². The zero-order chi connectivity index (χ0) is 82.4. The summed E-state index contributed by atoms with van der Waals surface area (Å²) in [6.07, 6.45) is 7.95. The maximum Gasteiger partial charge on any atom is 0.408 e. The molecule has 12 rings (SSSR count). The Labute approximate surface area is 667 Å². The Bertz CT molecular complexity index is 4650. The van der Waals surface area contributed by atoms with Crippen LogP contribution in [0.4, 0.5) is 19.9 Å². The SMILES string of the molecule is C=C[C@@H]1C[C@]1(N)P(=O)(O)C=C.C=C[C@@H]1C[C@]1(NC(=O)[C@@H]1C[C@@H](Oc2cc(-c3csc(NC(C)C)n3)nc3cc(OC)ccc23)CN1C(=O)[C@@H](NC(=O)OC1CCCC1)C(C)(C)C)P(=O)(O)C=C.COc1ccc2c(O[C@@H]3C[C@@H](C(=O)O)N(C(=O)[C@@H](NC(=O)OC4CCCC4)C(C)(C)C)C3)cc(-c3csc(NC(C)C)n3)nc2c1. The lowest BCUT2D eigenvalue weighted by Crippen LogP contribution is -2.58. The van der Waals surface area contributed by atoms with Gasteiger partial charge in [-0.05, 0) is 139 Å². The summed E-state index contributed by atoms with van der Waals surface area (Å²) in [5.74, 6) is 0.937. The average molecular weight is 1640 g/mol. The molecule has 612 valence electrons. The van der Waals surface area contributed by atoms with Crippen molar-refractivity contribution in [3.63, 3.8) is 0 Å². The molecule has 6 aliphatic rings. The van der Waals surface area contributed by atoms with Gasteiger partial charge in [0.05, 0.1) is 49.7 Å². The fourth-order valence-electron chi connectivity index (χ4n) is 14.5. The van der Waals surface area contributed by atoms with Gasteiger partial charge in [0, 0.05) is 82.6 Å². The number of benzene rings is 2. The normalized spacial score (nSPS) is 23.7. The van der Waals surface area contributed by atoms with Crippen molar-refractivity contribution in [1.29, 1.82) is 0 Å². The molecule has 2 aliphatic heterocycles. The minimum Gasteiger partial charge on any atom is -0.497 e. The van der Waals surface area contributed by atoms with Crippen molar-refractivity contribution in [2.75, 3.05) is 37.9 Å². The highest BCUT2D eigenvalue weighted by atomic mass is 32.1. The fourth-order valence-corrected chi connectivity index (χ4v) is 19.3. The van der Waals surface area contributed by atoms with E-state index in [0.29, 0.717) is 74.0 Å². The highest BCUT2D eigenvalue weighted by Gasteiger charge is 2.65. The minimum absolute atomic E-state index is 0.0204. The molecule has 33 heteroatoms. The number of carbonyl (C=O) groups is 6. The third-order valence-corrected chi connectivity index (χ3v) is 27.1. The van der Waals surface area contributed by atoms with Crippen LogP contribution in [0.2, 0.25) is 0 Å². The first-order chi connectivity index (χ1) is 53.3. The van der Waals surface area contributed by atoms with E-state index >= 15 is 0 Å². The number of methoxy groups -OCH3 is 2. The van der Waals surface area contributed by atoms with Crippen molar-refractivity contribution in [3.8, 4) is 45.8 Å². The molecular formula is C80H108N12O17P2S2. The smallest absolute Gasteiger partial charge is 0.408 e. The molecule has 0 spiro atoms. The first-order valence-corrected chi connectivity index (χ1v) is 43.3. The van der Waals surface area contributed by atoms with Gasteiger partial charge in [0.25, 0.3) is 0 Å². The Balaban J connectivity index is 0.000000213. The molecule has 4 saturated carbocycles. The average Bonchev–Trinajstić information content (AvgIpc) is 1.56. The molecule has 29 nitrogen and oxygen atoms in total. The number of carboxylic acids is 1. The van der Waals surface area contributed by atoms with Crippen LogP contribution >= 0.6 is 37.4 Å². The van der Waals surface area contributed by atoms with Crippen LogP contribution in [0.5, 0.6) is 23.0 Å². The number of aromatic nitrogens is 4. The van der Waals surface area contributed by atoms with Gasteiger partial charge in [-0.1, -0.05) is 66.9 Å². The van der Waals surface area contributed by atoms with E-state index in [0.717, 1.165) is 73.3 Å². The number of anilines is 2. The molecule has 6 aromatic rings. The standard InChI is InChI=1S/C40H53N6O8PS.C33H43N5O7S.C7H12NO2P/c1-9-24-20-40(24,55(50,51)10-2)45-35(47)32-18-27(21-46(32)36(48)34(39(5,6)7)44-38(49)54-25-13-11-12-14-25)53-33-19-30(31-22-56-37(43-31)41-23(3)4)42-29-17-26(52-8)15-16-28(29)33;1-18(2)34-31-36-25(17-46-31)24-15-27(22-12-11-20(43-6)13-23(22)35-24)44-21-14-26(30(40)41)38(16-21)29(39)28(33(3,4)5)37-32(42)45-19-9-7-8-10-19;1-3-6-5-7(6,8)11(9,10)4-2/h9-10,15-17,19,22-25,27,32,34H,1-2,11-14,18,20-21H2,3-8H3,(H,41,43)(H,44,49)(H,45,47)(H,50,51);11-13,15,17-19,21,26,28H,7-10,14,16H2,1-6H3,(H,34,36)(H,37,42)(H,40,41);3-4,6H,1-2,5,8H2,(H,9,10)/t24-,27-,32+,34-,40+;21-,26+,28-;6-,7+/m111/s1. The van der Waals surface area contributed by atoms with Gasteiger partial charge in [0.2, 0.25) is 32.5 Å². The van der Waals surface area contributed by atoms with E-state index in [4.69, 9.17) is 54.1 Å². The number of alkyl carbamates (subject to hydrolysis) is 2. The number of likely N-dealkylation sites (tertiary alicyclic amines) is 2. The number of carboxylic acid groups (broad SMARTS) is 1. The number of hydrogen-bond donors (Lipinski definition) is 9. The third kappa shape index (κ3) is 20.2. The molecule has 2 saturated heterocycles. The second kappa shape index (κ2) is 35.4. The van der Waals surface area contributed by atoms with E-state index in [9.17, 15) is 52.8 Å². The minimum atomic E-state index is -4.07. The summed E-state index contributed by atoms with van der Waals surface area (Å²) in [6, 6.07) is 10.6. The number of hydrogen-bond acceptors (Lipinski definition) is 23. The third-order valence-electron chi connectivity index (χ3n) is 21.1. The molecule has 0 bridgehead atoms. The van der Waals surface area contributed by atoms with Gasteiger partial charge >= 0.3 is 18.2 Å². The van der Waals surface area contributed by atoms with E-state index in [1.54, 1.807) is 56.7 Å². The predicted molar refractivity (Wildman–Crippen MR) is 438 cm³/mol. The van der Waals surface area contributed by atoms with Crippen LogP contribution in [0.15, 0.2) is 109 Å². The van der Waals surface area contributed by atoms with Crippen molar-refractivity contribution in [1.82, 2.24) is 45.7 Å². The van der Waals surface area contributed by atoms with Gasteiger partial charge < -0.3 is 85.4 Å².